The summed E-state index contributed by atoms with van der Waals surface area (Å²) in [5, 5.41) is 11.9. The molecule has 2 N–H and O–H groups in total. The van der Waals surface area contributed by atoms with E-state index in [-0.39, 0.29) is 36.7 Å². The van der Waals surface area contributed by atoms with Crippen LogP contribution in [0.25, 0.3) is 11.5 Å². The number of amides is 1. The molecule has 23 heavy (non-hydrogen) atoms. The van der Waals surface area contributed by atoms with E-state index in [1.54, 1.807) is 12.1 Å². The van der Waals surface area contributed by atoms with Crippen molar-refractivity contribution in [1.29, 1.82) is 0 Å². The molecule has 0 aliphatic rings. The fourth-order valence-corrected chi connectivity index (χ4v) is 2.25. The van der Waals surface area contributed by atoms with Gasteiger partial charge in [-0.05, 0) is 36.6 Å². The van der Waals surface area contributed by atoms with Crippen molar-refractivity contribution in [3.05, 3.63) is 42.0 Å². The van der Waals surface area contributed by atoms with Crippen molar-refractivity contribution >= 4 is 5.91 Å². The summed E-state index contributed by atoms with van der Waals surface area (Å²) in [6.45, 7) is 4.01. The lowest BCUT2D eigenvalue weighted by atomic mass is 10.0. The van der Waals surface area contributed by atoms with Crippen LogP contribution in [0, 0.1) is 11.7 Å². The molecular formula is C17H21FN2O3. The van der Waals surface area contributed by atoms with Gasteiger partial charge in [-0.25, -0.2) is 9.37 Å². The minimum atomic E-state index is -0.330. The van der Waals surface area contributed by atoms with Crippen LogP contribution in [0.1, 0.15) is 26.0 Å². The standard InChI is InChI=1S/C17H21FN2O3/c1-11(2)15(7-8-21)20-16(22)9-14-10-23-17(19-14)12-3-5-13(18)6-4-12/h3-6,10-11,15,21H,7-9H2,1-2H3,(H,20,22). The summed E-state index contributed by atoms with van der Waals surface area (Å²) in [7, 11) is 0. The number of halogens is 1. The van der Waals surface area contributed by atoms with Gasteiger partial charge in [0, 0.05) is 18.2 Å². The molecule has 0 bridgehead atoms. The number of aliphatic hydroxyl groups is 1. The van der Waals surface area contributed by atoms with Crippen LogP contribution in [-0.2, 0) is 11.2 Å². The van der Waals surface area contributed by atoms with Crippen molar-refractivity contribution in [2.24, 2.45) is 5.92 Å². The Morgan fingerprint density at radius 3 is 2.65 bits per heavy atom. The first-order valence-corrected chi connectivity index (χ1v) is 7.60. The number of carbonyl (C=O) groups excluding carboxylic acids is 1. The van der Waals surface area contributed by atoms with Crippen molar-refractivity contribution in [2.75, 3.05) is 6.61 Å². The molecule has 5 nitrogen and oxygen atoms in total. The van der Waals surface area contributed by atoms with Crippen LogP contribution < -0.4 is 5.32 Å². The number of hydrogen-bond donors (Lipinski definition) is 2. The molecule has 0 fully saturated rings. The molecule has 2 aromatic rings. The Labute approximate surface area is 134 Å². The van der Waals surface area contributed by atoms with E-state index >= 15 is 0 Å². The third-order valence-electron chi connectivity index (χ3n) is 3.58. The summed E-state index contributed by atoms with van der Waals surface area (Å²) < 4.78 is 18.2. The maximum atomic E-state index is 12.9. The third kappa shape index (κ3) is 4.89. The maximum absolute atomic E-state index is 12.9. The molecule has 6 heteroatoms. The molecule has 1 amide bonds. The summed E-state index contributed by atoms with van der Waals surface area (Å²) in [6.07, 6.45) is 2.04. The average Bonchev–Trinajstić information content (AvgIpc) is 2.95. The molecule has 0 saturated carbocycles. The van der Waals surface area contributed by atoms with Gasteiger partial charge in [-0.1, -0.05) is 13.8 Å². The van der Waals surface area contributed by atoms with Crippen molar-refractivity contribution in [1.82, 2.24) is 10.3 Å². The first kappa shape index (κ1) is 17.1. The van der Waals surface area contributed by atoms with E-state index in [4.69, 9.17) is 9.52 Å². The number of rotatable bonds is 7. The molecular weight excluding hydrogens is 299 g/mol. The lowest BCUT2D eigenvalue weighted by molar-refractivity contribution is -0.121. The van der Waals surface area contributed by atoms with Crippen LogP contribution >= 0.6 is 0 Å². The minimum Gasteiger partial charge on any atom is -0.444 e. The second kappa shape index (κ2) is 7.87. The predicted octanol–water partition coefficient (Wildman–Crippen LogP) is 2.55. The van der Waals surface area contributed by atoms with E-state index in [0.717, 1.165) is 0 Å². The average molecular weight is 320 g/mol. The Bertz CT molecular complexity index is 638. The second-order valence-electron chi connectivity index (χ2n) is 5.76. The molecule has 1 heterocycles. The highest BCUT2D eigenvalue weighted by molar-refractivity contribution is 5.78. The molecule has 1 aromatic heterocycles. The van der Waals surface area contributed by atoms with Crippen molar-refractivity contribution < 1.29 is 18.7 Å². The molecule has 0 aliphatic carbocycles. The van der Waals surface area contributed by atoms with E-state index < -0.39 is 0 Å². The van der Waals surface area contributed by atoms with E-state index in [0.29, 0.717) is 23.6 Å². The first-order chi connectivity index (χ1) is 11.0. The van der Waals surface area contributed by atoms with Gasteiger partial charge in [0.25, 0.3) is 0 Å². The number of aliphatic hydroxyl groups excluding tert-OH is 1. The lowest BCUT2D eigenvalue weighted by Gasteiger charge is -2.21. The Morgan fingerprint density at radius 1 is 1.35 bits per heavy atom. The van der Waals surface area contributed by atoms with Crippen molar-refractivity contribution in [3.8, 4) is 11.5 Å². The summed E-state index contributed by atoms with van der Waals surface area (Å²) in [6, 6.07) is 5.72. The molecule has 0 saturated heterocycles. The van der Waals surface area contributed by atoms with Gasteiger partial charge in [0.05, 0.1) is 12.1 Å². The first-order valence-electron chi connectivity index (χ1n) is 7.60. The van der Waals surface area contributed by atoms with Gasteiger partial charge in [0.1, 0.15) is 12.1 Å². The largest absolute Gasteiger partial charge is 0.444 e. The number of nitrogens with zero attached hydrogens (tertiary/aromatic N) is 1. The van der Waals surface area contributed by atoms with Gasteiger partial charge in [0.15, 0.2) is 0 Å². The van der Waals surface area contributed by atoms with Crippen molar-refractivity contribution in [2.45, 2.75) is 32.7 Å². The zero-order valence-corrected chi connectivity index (χ0v) is 13.3. The van der Waals surface area contributed by atoms with Gasteiger partial charge < -0.3 is 14.8 Å². The highest BCUT2D eigenvalue weighted by Gasteiger charge is 2.17. The lowest BCUT2D eigenvalue weighted by Crippen LogP contribution is -2.40. The monoisotopic (exact) mass is 320 g/mol. The van der Waals surface area contributed by atoms with Gasteiger partial charge in [-0.15, -0.1) is 0 Å². The zero-order valence-electron chi connectivity index (χ0n) is 13.3. The summed E-state index contributed by atoms with van der Waals surface area (Å²) in [5.74, 6) is 0.0846. The van der Waals surface area contributed by atoms with E-state index in [2.05, 4.69) is 10.3 Å². The van der Waals surface area contributed by atoms with Gasteiger partial charge >= 0.3 is 0 Å². The summed E-state index contributed by atoms with van der Waals surface area (Å²) in [5.41, 5.74) is 1.16. The maximum Gasteiger partial charge on any atom is 0.226 e. The van der Waals surface area contributed by atoms with E-state index in [1.165, 1.54) is 18.4 Å². The number of carbonyl (C=O) groups is 1. The number of oxazole rings is 1. The molecule has 0 radical (unpaired) electrons. The molecule has 124 valence electrons. The van der Waals surface area contributed by atoms with Gasteiger partial charge in [0.2, 0.25) is 11.8 Å². The van der Waals surface area contributed by atoms with Crippen LogP contribution in [0.4, 0.5) is 4.39 Å². The molecule has 1 aromatic carbocycles. The number of aromatic nitrogens is 1. The third-order valence-corrected chi connectivity index (χ3v) is 3.58. The fourth-order valence-electron chi connectivity index (χ4n) is 2.25. The highest BCUT2D eigenvalue weighted by Crippen LogP contribution is 2.19. The van der Waals surface area contributed by atoms with Crippen LogP contribution in [0.15, 0.2) is 34.9 Å². The minimum absolute atomic E-state index is 0.0296. The smallest absolute Gasteiger partial charge is 0.226 e. The second-order valence-corrected chi connectivity index (χ2v) is 5.76. The Balaban J connectivity index is 1.98. The molecule has 0 spiro atoms. The zero-order chi connectivity index (χ0) is 16.8. The molecule has 0 aliphatic heterocycles. The molecule has 1 atom stereocenters. The topological polar surface area (TPSA) is 75.4 Å². The van der Waals surface area contributed by atoms with Gasteiger partial charge in [-0.3, -0.25) is 4.79 Å². The summed E-state index contributed by atoms with van der Waals surface area (Å²) in [4.78, 5) is 16.3. The Hall–Kier alpha value is -2.21. The van der Waals surface area contributed by atoms with Gasteiger partial charge in [-0.2, -0.15) is 0 Å². The van der Waals surface area contributed by atoms with E-state index in [9.17, 15) is 9.18 Å². The Morgan fingerprint density at radius 2 is 2.04 bits per heavy atom. The van der Waals surface area contributed by atoms with E-state index in [1.807, 2.05) is 13.8 Å². The fraction of sp³-hybridized carbons (Fsp3) is 0.412. The number of benzene rings is 1. The van der Waals surface area contributed by atoms with Crippen LogP contribution in [0.2, 0.25) is 0 Å². The normalized spacial score (nSPS) is 12.4. The number of nitrogens with one attached hydrogen (secondary N) is 1. The summed E-state index contributed by atoms with van der Waals surface area (Å²) >= 11 is 0. The molecule has 2 rings (SSSR count). The molecule has 1 unspecified atom stereocenters. The SMILES string of the molecule is CC(C)C(CCO)NC(=O)Cc1coc(-c2ccc(F)cc2)n1. The Kier molecular flexibility index (Phi) is 5.87. The highest BCUT2D eigenvalue weighted by atomic mass is 19.1. The predicted molar refractivity (Wildman–Crippen MR) is 84.1 cm³/mol. The quantitative estimate of drug-likeness (QED) is 0.822. The van der Waals surface area contributed by atoms with Crippen LogP contribution in [0.3, 0.4) is 0 Å². The number of hydrogen-bond acceptors (Lipinski definition) is 4. The van der Waals surface area contributed by atoms with Crippen molar-refractivity contribution in [3.63, 3.8) is 0 Å². The van der Waals surface area contributed by atoms with Crippen LogP contribution in [-0.4, -0.2) is 28.6 Å². The van der Waals surface area contributed by atoms with Crippen LogP contribution in [0.5, 0.6) is 0 Å².